The summed E-state index contributed by atoms with van der Waals surface area (Å²) in [4.78, 5) is 0. The summed E-state index contributed by atoms with van der Waals surface area (Å²) in [6, 6.07) is 8.02. The Kier molecular flexibility index (Phi) is 2.00. The van der Waals surface area contributed by atoms with Crippen molar-refractivity contribution in [2.45, 2.75) is 13.0 Å². The van der Waals surface area contributed by atoms with Gasteiger partial charge in [0.1, 0.15) is 18.5 Å². The zero-order valence-corrected chi connectivity index (χ0v) is 7.12. The van der Waals surface area contributed by atoms with Gasteiger partial charge in [0.05, 0.1) is 6.61 Å². The van der Waals surface area contributed by atoms with Crippen LogP contribution in [0.5, 0.6) is 5.75 Å². The smallest absolute Gasteiger partial charge is 0.122 e. The van der Waals surface area contributed by atoms with Crippen LogP contribution in [0.2, 0.25) is 0 Å². The van der Waals surface area contributed by atoms with Crippen molar-refractivity contribution in [3.8, 4) is 5.75 Å². The molecule has 12 heavy (non-hydrogen) atoms. The van der Waals surface area contributed by atoms with Crippen LogP contribution in [0.1, 0.15) is 5.56 Å². The highest BCUT2D eigenvalue weighted by atomic mass is 16.6. The highest BCUT2D eigenvalue weighted by Crippen LogP contribution is 2.18. The Hall–Kier alpha value is -1.02. The molecule has 0 aromatic heterocycles. The van der Waals surface area contributed by atoms with E-state index >= 15 is 0 Å². The molecule has 2 rings (SSSR count). The van der Waals surface area contributed by atoms with E-state index in [1.807, 2.05) is 31.2 Å². The van der Waals surface area contributed by atoms with Crippen LogP contribution in [0.4, 0.5) is 0 Å². The van der Waals surface area contributed by atoms with Gasteiger partial charge in [0.2, 0.25) is 0 Å². The van der Waals surface area contributed by atoms with Gasteiger partial charge in [-0.3, -0.25) is 0 Å². The van der Waals surface area contributed by atoms with Crippen molar-refractivity contribution in [2.24, 2.45) is 0 Å². The zero-order chi connectivity index (χ0) is 8.39. The Morgan fingerprint density at radius 2 is 2.25 bits per heavy atom. The van der Waals surface area contributed by atoms with Crippen LogP contribution in [-0.4, -0.2) is 19.3 Å². The standard InChI is InChI=1S/C10H12O2/c1-8-4-2-3-5-10(8)12-7-9-6-11-9/h2-5,9H,6-7H2,1H3/t9-/m1/s1. The number of aryl methyl sites for hydroxylation is 1. The van der Waals surface area contributed by atoms with E-state index in [4.69, 9.17) is 9.47 Å². The van der Waals surface area contributed by atoms with Gasteiger partial charge in [-0.05, 0) is 18.6 Å². The van der Waals surface area contributed by atoms with Gasteiger partial charge < -0.3 is 9.47 Å². The predicted molar refractivity (Wildman–Crippen MR) is 46.4 cm³/mol. The van der Waals surface area contributed by atoms with Gasteiger partial charge >= 0.3 is 0 Å². The van der Waals surface area contributed by atoms with Crippen LogP contribution in [0, 0.1) is 6.92 Å². The minimum atomic E-state index is 0.338. The second kappa shape index (κ2) is 3.15. The lowest BCUT2D eigenvalue weighted by atomic mass is 10.2. The summed E-state index contributed by atoms with van der Waals surface area (Å²) < 4.78 is 10.6. The Bertz CT molecular complexity index is 266. The molecule has 0 saturated carbocycles. The molecule has 1 heterocycles. The lowest BCUT2D eigenvalue weighted by Crippen LogP contribution is -2.04. The Morgan fingerprint density at radius 1 is 1.50 bits per heavy atom. The molecule has 2 heteroatoms. The third-order valence-corrected chi connectivity index (χ3v) is 1.92. The second-order valence-corrected chi connectivity index (χ2v) is 3.03. The third kappa shape index (κ3) is 1.77. The number of epoxide rings is 1. The number of rotatable bonds is 3. The molecule has 0 amide bonds. The quantitative estimate of drug-likeness (QED) is 0.635. The monoisotopic (exact) mass is 164 g/mol. The topological polar surface area (TPSA) is 21.8 Å². The third-order valence-electron chi connectivity index (χ3n) is 1.92. The molecular weight excluding hydrogens is 152 g/mol. The van der Waals surface area contributed by atoms with Gasteiger partial charge in [0.25, 0.3) is 0 Å². The highest BCUT2D eigenvalue weighted by molar-refractivity contribution is 5.31. The first-order chi connectivity index (χ1) is 5.86. The van der Waals surface area contributed by atoms with Crippen molar-refractivity contribution < 1.29 is 9.47 Å². The normalized spacial score (nSPS) is 20.6. The molecule has 1 aliphatic rings. The molecule has 2 nitrogen and oxygen atoms in total. The molecule has 0 radical (unpaired) electrons. The number of para-hydroxylation sites is 1. The molecule has 1 aliphatic heterocycles. The first kappa shape index (κ1) is 7.62. The number of hydrogen-bond acceptors (Lipinski definition) is 2. The van der Waals surface area contributed by atoms with Gasteiger partial charge in [0.15, 0.2) is 0 Å². The van der Waals surface area contributed by atoms with E-state index in [9.17, 15) is 0 Å². The van der Waals surface area contributed by atoms with Crippen LogP contribution >= 0.6 is 0 Å². The van der Waals surface area contributed by atoms with Gasteiger partial charge in [-0.15, -0.1) is 0 Å². The molecule has 0 spiro atoms. The number of hydrogen-bond donors (Lipinski definition) is 0. The van der Waals surface area contributed by atoms with Crippen LogP contribution in [0.3, 0.4) is 0 Å². The predicted octanol–water partition coefficient (Wildman–Crippen LogP) is 1.77. The summed E-state index contributed by atoms with van der Waals surface area (Å²) in [5.41, 5.74) is 1.18. The minimum absolute atomic E-state index is 0.338. The van der Waals surface area contributed by atoms with Crippen LogP contribution in [0.15, 0.2) is 24.3 Å². The van der Waals surface area contributed by atoms with Crippen LogP contribution in [-0.2, 0) is 4.74 Å². The SMILES string of the molecule is Cc1ccccc1OC[C@H]1CO1. The fourth-order valence-corrected chi connectivity index (χ4v) is 1.07. The Balaban J connectivity index is 1.96. The van der Waals surface area contributed by atoms with Crippen molar-refractivity contribution in [1.82, 2.24) is 0 Å². The minimum Gasteiger partial charge on any atom is -0.491 e. The van der Waals surface area contributed by atoms with Gasteiger partial charge in [-0.25, -0.2) is 0 Å². The molecule has 0 N–H and O–H groups in total. The molecule has 1 aromatic rings. The van der Waals surface area contributed by atoms with Crippen molar-refractivity contribution in [2.75, 3.05) is 13.2 Å². The van der Waals surface area contributed by atoms with E-state index in [0.29, 0.717) is 12.7 Å². The maximum absolute atomic E-state index is 5.54. The molecule has 0 aliphatic carbocycles. The maximum atomic E-state index is 5.54. The fraction of sp³-hybridized carbons (Fsp3) is 0.400. The van der Waals surface area contributed by atoms with Crippen molar-refractivity contribution in [1.29, 1.82) is 0 Å². The van der Waals surface area contributed by atoms with Crippen molar-refractivity contribution in [3.63, 3.8) is 0 Å². The summed E-state index contributed by atoms with van der Waals surface area (Å²) in [7, 11) is 0. The van der Waals surface area contributed by atoms with Gasteiger partial charge in [-0.2, -0.15) is 0 Å². The average molecular weight is 164 g/mol. The molecule has 1 aromatic carbocycles. The highest BCUT2D eigenvalue weighted by Gasteiger charge is 2.23. The van der Waals surface area contributed by atoms with Crippen LogP contribution in [0.25, 0.3) is 0 Å². The largest absolute Gasteiger partial charge is 0.491 e. The number of ether oxygens (including phenoxy) is 2. The van der Waals surface area contributed by atoms with E-state index in [2.05, 4.69) is 0 Å². The first-order valence-corrected chi connectivity index (χ1v) is 4.16. The first-order valence-electron chi connectivity index (χ1n) is 4.16. The summed E-state index contributed by atoms with van der Waals surface area (Å²) in [5, 5.41) is 0. The Morgan fingerprint density at radius 3 is 2.92 bits per heavy atom. The summed E-state index contributed by atoms with van der Waals surface area (Å²) in [6.45, 7) is 3.58. The number of benzene rings is 1. The summed E-state index contributed by atoms with van der Waals surface area (Å²) >= 11 is 0. The lowest BCUT2D eigenvalue weighted by Gasteiger charge is -2.06. The average Bonchev–Trinajstić information content (AvgIpc) is 2.86. The van der Waals surface area contributed by atoms with Crippen molar-refractivity contribution in [3.05, 3.63) is 29.8 Å². The molecule has 64 valence electrons. The van der Waals surface area contributed by atoms with E-state index in [1.165, 1.54) is 5.56 Å². The molecule has 1 fully saturated rings. The van der Waals surface area contributed by atoms with E-state index < -0.39 is 0 Å². The van der Waals surface area contributed by atoms with Gasteiger partial charge in [0, 0.05) is 0 Å². The van der Waals surface area contributed by atoms with Gasteiger partial charge in [-0.1, -0.05) is 18.2 Å². The Labute approximate surface area is 72.1 Å². The maximum Gasteiger partial charge on any atom is 0.122 e. The summed E-state index contributed by atoms with van der Waals surface area (Å²) in [5.74, 6) is 0.966. The molecule has 0 bridgehead atoms. The molecular formula is C10H12O2. The van der Waals surface area contributed by atoms with E-state index in [1.54, 1.807) is 0 Å². The lowest BCUT2D eigenvalue weighted by molar-refractivity contribution is 0.262. The van der Waals surface area contributed by atoms with E-state index in [0.717, 1.165) is 12.4 Å². The molecule has 0 unspecified atom stereocenters. The van der Waals surface area contributed by atoms with E-state index in [-0.39, 0.29) is 0 Å². The fourth-order valence-electron chi connectivity index (χ4n) is 1.07. The zero-order valence-electron chi connectivity index (χ0n) is 7.12. The molecule has 1 saturated heterocycles. The van der Waals surface area contributed by atoms with Crippen molar-refractivity contribution >= 4 is 0 Å². The second-order valence-electron chi connectivity index (χ2n) is 3.03. The molecule has 1 atom stereocenters. The summed E-state index contributed by atoms with van der Waals surface area (Å²) in [6.07, 6.45) is 0.338. The van der Waals surface area contributed by atoms with Crippen LogP contribution < -0.4 is 4.74 Å².